The van der Waals surface area contributed by atoms with Gasteiger partial charge in [-0.1, -0.05) is 12.1 Å². The fraction of sp³-hybridized carbons (Fsp3) is 0.417. The van der Waals surface area contributed by atoms with Gasteiger partial charge in [0.15, 0.2) is 17.6 Å². The third-order valence-electron chi connectivity index (χ3n) is 5.27. The molecule has 33 heavy (non-hydrogen) atoms. The summed E-state index contributed by atoms with van der Waals surface area (Å²) in [5, 5.41) is -0.527. The summed E-state index contributed by atoms with van der Waals surface area (Å²) in [5.41, 5.74) is 1.51. The van der Waals surface area contributed by atoms with Gasteiger partial charge in [0.05, 0.1) is 32.3 Å². The molecule has 9 heteroatoms. The van der Waals surface area contributed by atoms with Crippen molar-refractivity contribution in [3.63, 3.8) is 0 Å². The van der Waals surface area contributed by atoms with Gasteiger partial charge in [-0.15, -0.1) is 11.8 Å². The molecule has 0 fully saturated rings. The van der Waals surface area contributed by atoms with Crippen molar-refractivity contribution in [1.29, 1.82) is 0 Å². The van der Waals surface area contributed by atoms with Gasteiger partial charge in [0, 0.05) is 24.9 Å². The van der Waals surface area contributed by atoms with E-state index in [-0.39, 0.29) is 5.91 Å². The Hall–Kier alpha value is -2.91. The summed E-state index contributed by atoms with van der Waals surface area (Å²) in [5.74, 6) is 0.575. The van der Waals surface area contributed by atoms with Gasteiger partial charge in [0.1, 0.15) is 0 Å². The minimum atomic E-state index is -1.04. The predicted octanol–water partition coefficient (Wildman–Crippen LogP) is 3.39. The van der Waals surface area contributed by atoms with E-state index in [1.54, 1.807) is 17.0 Å². The first kappa shape index (κ1) is 24.7. The molecule has 0 bridgehead atoms. The fourth-order valence-corrected chi connectivity index (χ4v) is 5.01. The van der Waals surface area contributed by atoms with Crippen LogP contribution >= 0.6 is 11.8 Å². The first-order valence-electron chi connectivity index (χ1n) is 10.5. The molecule has 1 aliphatic heterocycles. The van der Waals surface area contributed by atoms with Crippen molar-refractivity contribution >= 4 is 29.3 Å². The lowest BCUT2D eigenvalue weighted by molar-refractivity contribution is -0.152. The first-order valence-corrected chi connectivity index (χ1v) is 11.4. The number of amides is 1. The number of benzene rings is 2. The lowest BCUT2D eigenvalue weighted by atomic mass is 10.0. The number of hydrogen-bond donors (Lipinski definition) is 0. The van der Waals surface area contributed by atoms with Crippen LogP contribution in [-0.2, 0) is 14.3 Å². The number of carbonyl (C=O) groups is 2. The molecule has 3 rings (SSSR count). The van der Waals surface area contributed by atoms with Crippen molar-refractivity contribution < 1.29 is 28.5 Å². The molecule has 0 aromatic heterocycles. The number of hydrogen-bond acceptors (Lipinski definition) is 8. The van der Waals surface area contributed by atoms with Crippen LogP contribution in [0.15, 0.2) is 41.3 Å². The second-order valence-electron chi connectivity index (χ2n) is 7.79. The molecule has 2 atom stereocenters. The number of fused-ring (bicyclic) bond motifs is 1. The summed E-state index contributed by atoms with van der Waals surface area (Å²) in [6.07, 6.45) is -1.04. The van der Waals surface area contributed by atoms with Crippen LogP contribution in [-0.4, -0.2) is 71.4 Å². The van der Waals surface area contributed by atoms with E-state index in [4.69, 9.17) is 18.9 Å². The highest BCUT2D eigenvalue weighted by Crippen LogP contribution is 2.49. The van der Waals surface area contributed by atoms with E-state index in [9.17, 15) is 9.59 Å². The zero-order chi connectivity index (χ0) is 24.1. The van der Waals surface area contributed by atoms with Crippen molar-refractivity contribution in [3.8, 4) is 17.2 Å². The first-order chi connectivity index (χ1) is 15.8. The average molecular weight is 475 g/mol. The van der Waals surface area contributed by atoms with E-state index in [0.29, 0.717) is 30.3 Å². The molecule has 1 heterocycles. The van der Waals surface area contributed by atoms with Crippen molar-refractivity contribution in [3.05, 3.63) is 42.0 Å². The van der Waals surface area contributed by atoms with Crippen LogP contribution in [0.4, 0.5) is 5.69 Å². The Kier molecular flexibility index (Phi) is 8.10. The molecule has 1 amide bonds. The highest BCUT2D eigenvalue weighted by Gasteiger charge is 2.41. The Morgan fingerprint density at radius 1 is 1.06 bits per heavy atom. The highest BCUT2D eigenvalue weighted by molar-refractivity contribution is 7.99. The van der Waals surface area contributed by atoms with Crippen molar-refractivity contribution in [2.75, 3.05) is 53.4 Å². The molecule has 0 saturated carbocycles. The number of para-hydroxylation sites is 1. The predicted molar refractivity (Wildman–Crippen MR) is 128 cm³/mol. The number of esters is 1. The molecule has 0 spiro atoms. The van der Waals surface area contributed by atoms with Gasteiger partial charge in [0.25, 0.3) is 5.91 Å². The Labute approximate surface area is 198 Å². The van der Waals surface area contributed by atoms with Gasteiger partial charge in [0.2, 0.25) is 5.75 Å². The van der Waals surface area contributed by atoms with Crippen molar-refractivity contribution in [1.82, 2.24) is 4.90 Å². The zero-order valence-electron chi connectivity index (χ0n) is 19.8. The van der Waals surface area contributed by atoms with Gasteiger partial charge >= 0.3 is 5.97 Å². The number of rotatable bonds is 8. The molecule has 2 aromatic rings. The number of nitrogens with zero attached hydrogens (tertiary/aromatic N) is 2. The normalized spacial score (nSPS) is 17.9. The van der Waals surface area contributed by atoms with Gasteiger partial charge in [-0.25, -0.2) is 0 Å². The lowest BCUT2D eigenvalue weighted by Gasteiger charge is -2.28. The molecule has 0 saturated heterocycles. The van der Waals surface area contributed by atoms with E-state index in [2.05, 4.69) is 0 Å². The standard InChI is InChI=1S/C24H30N2O6S/c1-15(27)32-22-23(16-13-18(29-4)21(31-6)19(14-16)30-5)33-20-10-8-7-9-17(20)26(24(22)28)12-11-25(2)3/h7-10,13-14,22-23H,11-12H2,1-6H3. The number of likely N-dealkylation sites (N-methyl/N-ethyl adjacent to an activating group) is 1. The SMILES string of the molecule is COc1cc(C2Sc3ccccc3N(CCN(C)C)C(=O)C2OC(C)=O)cc(OC)c1OC. The Bertz CT molecular complexity index is 987. The van der Waals surface area contributed by atoms with E-state index in [1.807, 2.05) is 43.3 Å². The molecule has 1 aliphatic rings. The third-order valence-corrected chi connectivity index (χ3v) is 6.65. The summed E-state index contributed by atoms with van der Waals surface area (Å²) in [4.78, 5) is 30.5. The highest BCUT2D eigenvalue weighted by atomic mass is 32.2. The minimum absolute atomic E-state index is 0.275. The van der Waals surface area contributed by atoms with E-state index in [0.717, 1.165) is 16.1 Å². The third kappa shape index (κ3) is 5.36. The fourth-order valence-electron chi connectivity index (χ4n) is 3.71. The maximum atomic E-state index is 13.8. The van der Waals surface area contributed by atoms with Crippen molar-refractivity contribution in [2.45, 2.75) is 23.2 Å². The molecule has 2 unspecified atom stereocenters. The Balaban J connectivity index is 2.16. The number of methoxy groups -OCH3 is 3. The topological polar surface area (TPSA) is 77.5 Å². The number of carbonyl (C=O) groups excluding carboxylic acids is 2. The van der Waals surface area contributed by atoms with Crippen LogP contribution in [0.3, 0.4) is 0 Å². The monoisotopic (exact) mass is 474 g/mol. The van der Waals surface area contributed by atoms with Crippen LogP contribution in [0.1, 0.15) is 17.7 Å². The Morgan fingerprint density at radius 3 is 2.24 bits per heavy atom. The summed E-state index contributed by atoms with van der Waals surface area (Å²) in [7, 11) is 8.50. The van der Waals surface area contributed by atoms with Crippen LogP contribution in [0.2, 0.25) is 0 Å². The van der Waals surface area contributed by atoms with E-state index in [1.165, 1.54) is 40.0 Å². The van der Waals surface area contributed by atoms with Crippen LogP contribution in [0, 0.1) is 0 Å². The molecular weight excluding hydrogens is 444 g/mol. The molecule has 0 aliphatic carbocycles. The number of ether oxygens (including phenoxy) is 4. The van der Waals surface area contributed by atoms with Crippen LogP contribution < -0.4 is 19.1 Å². The Morgan fingerprint density at radius 2 is 1.70 bits per heavy atom. The second-order valence-corrected chi connectivity index (χ2v) is 8.97. The summed E-state index contributed by atoms with van der Waals surface area (Å²) in [6.45, 7) is 2.43. The summed E-state index contributed by atoms with van der Waals surface area (Å²) < 4.78 is 22.1. The maximum Gasteiger partial charge on any atom is 0.303 e. The smallest absolute Gasteiger partial charge is 0.303 e. The molecule has 2 aromatic carbocycles. The van der Waals surface area contributed by atoms with Gasteiger partial charge < -0.3 is 28.7 Å². The van der Waals surface area contributed by atoms with Gasteiger partial charge in [-0.2, -0.15) is 0 Å². The van der Waals surface area contributed by atoms with Crippen LogP contribution in [0.25, 0.3) is 0 Å². The van der Waals surface area contributed by atoms with Gasteiger partial charge in [-0.05, 0) is 43.9 Å². The number of thioether (sulfide) groups is 1. The largest absolute Gasteiger partial charge is 0.493 e. The maximum absolute atomic E-state index is 13.8. The summed E-state index contributed by atoms with van der Waals surface area (Å²) in [6, 6.07) is 11.3. The number of anilines is 1. The van der Waals surface area contributed by atoms with E-state index < -0.39 is 17.3 Å². The molecule has 0 N–H and O–H groups in total. The van der Waals surface area contributed by atoms with Crippen LogP contribution in [0.5, 0.6) is 17.2 Å². The van der Waals surface area contributed by atoms with Gasteiger partial charge in [-0.3, -0.25) is 9.59 Å². The van der Waals surface area contributed by atoms with E-state index >= 15 is 0 Å². The molecule has 0 radical (unpaired) electrons. The zero-order valence-corrected chi connectivity index (χ0v) is 20.6. The quantitative estimate of drug-likeness (QED) is 0.539. The molecule has 178 valence electrons. The lowest BCUT2D eigenvalue weighted by Crippen LogP contribution is -2.45. The second kappa shape index (κ2) is 10.8. The minimum Gasteiger partial charge on any atom is -0.493 e. The average Bonchev–Trinajstić information content (AvgIpc) is 2.91. The van der Waals surface area contributed by atoms with Crippen molar-refractivity contribution in [2.24, 2.45) is 0 Å². The molecule has 8 nitrogen and oxygen atoms in total. The summed E-state index contributed by atoms with van der Waals surface area (Å²) >= 11 is 1.47. The molecular formula is C24H30N2O6S.